The van der Waals surface area contributed by atoms with Crippen LogP contribution in [0.3, 0.4) is 0 Å². The second kappa shape index (κ2) is 7.62. The molecule has 6 nitrogen and oxygen atoms in total. The smallest absolute Gasteiger partial charge is 0.269 e. The first-order chi connectivity index (χ1) is 8.69. The fraction of sp³-hybridized carbons (Fsp3) is 0.500. The van der Waals surface area contributed by atoms with Gasteiger partial charge in [-0.2, -0.15) is 0 Å². The molecule has 100 valence electrons. The van der Waals surface area contributed by atoms with Crippen molar-refractivity contribution < 1.29 is 9.53 Å². The molecule has 18 heavy (non-hydrogen) atoms. The molecule has 0 saturated carbocycles. The van der Waals surface area contributed by atoms with Crippen LogP contribution in [-0.2, 0) is 4.74 Å². The van der Waals surface area contributed by atoms with E-state index in [0.29, 0.717) is 25.5 Å². The van der Waals surface area contributed by atoms with Gasteiger partial charge >= 0.3 is 0 Å². The van der Waals surface area contributed by atoms with E-state index >= 15 is 0 Å². The molecule has 1 amide bonds. The first kappa shape index (κ1) is 14.4. The lowest BCUT2D eigenvalue weighted by Crippen LogP contribution is -2.25. The van der Waals surface area contributed by atoms with Crippen molar-refractivity contribution in [3.05, 3.63) is 24.0 Å². The molecule has 0 bridgehead atoms. The highest BCUT2D eigenvalue weighted by atomic mass is 16.5. The summed E-state index contributed by atoms with van der Waals surface area (Å²) >= 11 is 0. The normalized spacial score (nSPS) is 10.2. The van der Waals surface area contributed by atoms with Gasteiger partial charge in [0.05, 0.1) is 13.2 Å². The van der Waals surface area contributed by atoms with Crippen molar-refractivity contribution in [2.24, 2.45) is 5.73 Å². The van der Waals surface area contributed by atoms with E-state index in [-0.39, 0.29) is 5.91 Å². The van der Waals surface area contributed by atoms with Crippen LogP contribution in [0, 0.1) is 0 Å². The molecule has 0 saturated heterocycles. The highest BCUT2D eigenvalue weighted by molar-refractivity contribution is 5.92. The summed E-state index contributed by atoms with van der Waals surface area (Å²) in [6, 6.07) is 3.61. The first-order valence-electron chi connectivity index (χ1n) is 5.86. The van der Waals surface area contributed by atoms with Crippen LogP contribution >= 0.6 is 0 Å². The van der Waals surface area contributed by atoms with Crippen molar-refractivity contribution in [1.82, 2.24) is 10.3 Å². The molecule has 0 fully saturated rings. The number of pyridine rings is 1. The number of nitrogens with one attached hydrogen (secondary N) is 1. The zero-order valence-electron chi connectivity index (χ0n) is 10.8. The molecule has 1 rings (SSSR count). The fourth-order valence-electron chi connectivity index (χ4n) is 1.43. The summed E-state index contributed by atoms with van der Waals surface area (Å²) in [6.07, 6.45) is 1.62. The van der Waals surface area contributed by atoms with Gasteiger partial charge in [-0.05, 0) is 12.1 Å². The second-order valence-corrected chi connectivity index (χ2v) is 3.80. The standard InChI is InChI=1S/C12H20N4O2/c1-14-12(17)11-9-10(3-5-15-11)16(2)6-8-18-7-4-13/h3,5,9H,4,6-8,13H2,1-2H3,(H,14,17). The maximum Gasteiger partial charge on any atom is 0.269 e. The van der Waals surface area contributed by atoms with Crippen molar-refractivity contribution >= 4 is 11.6 Å². The Balaban J connectivity index is 2.57. The molecule has 0 atom stereocenters. The quantitative estimate of drug-likeness (QED) is 0.660. The van der Waals surface area contributed by atoms with Crippen LogP contribution in [0.5, 0.6) is 0 Å². The Hall–Kier alpha value is -1.66. The van der Waals surface area contributed by atoms with Crippen molar-refractivity contribution in [2.45, 2.75) is 0 Å². The molecule has 1 aromatic heterocycles. The number of aromatic nitrogens is 1. The average molecular weight is 252 g/mol. The van der Waals surface area contributed by atoms with Crippen molar-refractivity contribution in [2.75, 3.05) is 45.3 Å². The third kappa shape index (κ3) is 4.31. The maximum absolute atomic E-state index is 11.5. The second-order valence-electron chi connectivity index (χ2n) is 3.80. The van der Waals surface area contributed by atoms with Crippen LogP contribution in [0.2, 0.25) is 0 Å². The molecule has 0 radical (unpaired) electrons. The third-order valence-electron chi connectivity index (χ3n) is 2.48. The number of amides is 1. The minimum absolute atomic E-state index is 0.190. The number of hydrogen-bond acceptors (Lipinski definition) is 5. The highest BCUT2D eigenvalue weighted by Crippen LogP contribution is 2.12. The van der Waals surface area contributed by atoms with Crippen molar-refractivity contribution in [3.63, 3.8) is 0 Å². The lowest BCUT2D eigenvalue weighted by atomic mass is 10.3. The van der Waals surface area contributed by atoms with Gasteiger partial charge in [-0.25, -0.2) is 0 Å². The Labute approximate surface area is 107 Å². The summed E-state index contributed by atoms with van der Waals surface area (Å²) in [7, 11) is 3.52. The van der Waals surface area contributed by atoms with E-state index in [2.05, 4.69) is 10.3 Å². The van der Waals surface area contributed by atoms with Crippen LogP contribution < -0.4 is 16.0 Å². The van der Waals surface area contributed by atoms with E-state index in [1.54, 1.807) is 19.3 Å². The summed E-state index contributed by atoms with van der Waals surface area (Å²) < 4.78 is 5.31. The van der Waals surface area contributed by atoms with E-state index in [1.807, 2.05) is 18.0 Å². The Morgan fingerprint density at radius 1 is 1.56 bits per heavy atom. The largest absolute Gasteiger partial charge is 0.378 e. The summed E-state index contributed by atoms with van der Waals surface area (Å²) in [5, 5.41) is 2.55. The first-order valence-corrected chi connectivity index (χ1v) is 5.86. The van der Waals surface area contributed by atoms with Crippen molar-refractivity contribution in [3.8, 4) is 0 Å². The number of nitrogens with two attached hydrogens (primary N) is 1. The van der Waals surface area contributed by atoms with Gasteiger partial charge in [-0.1, -0.05) is 0 Å². The highest BCUT2D eigenvalue weighted by Gasteiger charge is 2.07. The molecule has 0 spiro atoms. The molecule has 3 N–H and O–H groups in total. The minimum atomic E-state index is -0.190. The van der Waals surface area contributed by atoms with Crippen LogP contribution in [0.25, 0.3) is 0 Å². The Morgan fingerprint density at radius 2 is 2.33 bits per heavy atom. The van der Waals surface area contributed by atoms with Crippen LogP contribution in [-0.4, -0.2) is 51.3 Å². The van der Waals surface area contributed by atoms with E-state index < -0.39 is 0 Å². The van der Waals surface area contributed by atoms with Gasteiger partial charge in [0.1, 0.15) is 5.69 Å². The van der Waals surface area contributed by atoms with Gasteiger partial charge in [0, 0.05) is 39.1 Å². The van der Waals surface area contributed by atoms with E-state index in [1.165, 1.54) is 0 Å². The minimum Gasteiger partial charge on any atom is -0.378 e. The Morgan fingerprint density at radius 3 is 3.00 bits per heavy atom. The number of nitrogens with zero attached hydrogens (tertiary/aromatic N) is 2. The van der Waals surface area contributed by atoms with Gasteiger partial charge < -0.3 is 20.7 Å². The Kier molecular flexibility index (Phi) is 6.10. The number of carbonyl (C=O) groups excluding carboxylic acids is 1. The molecular formula is C12H20N4O2. The van der Waals surface area contributed by atoms with Gasteiger partial charge in [-0.3, -0.25) is 9.78 Å². The van der Waals surface area contributed by atoms with Gasteiger partial charge in [0.15, 0.2) is 0 Å². The van der Waals surface area contributed by atoms with Gasteiger partial charge in [-0.15, -0.1) is 0 Å². The number of likely N-dealkylation sites (N-methyl/N-ethyl adjacent to an activating group) is 1. The van der Waals surface area contributed by atoms with Gasteiger partial charge in [0.2, 0.25) is 0 Å². The topological polar surface area (TPSA) is 80.5 Å². The number of hydrogen-bond donors (Lipinski definition) is 2. The summed E-state index contributed by atoms with van der Waals surface area (Å²) in [5.74, 6) is -0.190. The van der Waals surface area contributed by atoms with Crippen LogP contribution in [0.15, 0.2) is 18.3 Å². The lowest BCUT2D eigenvalue weighted by Gasteiger charge is -2.19. The van der Waals surface area contributed by atoms with Crippen LogP contribution in [0.1, 0.15) is 10.5 Å². The predicted molar refractivity (Wildman–Crippen MR) is 70.8 cm³/mol. The molecule has 0 aliphatic carbocycles. The summed E-state index contributed by atoms with van der Waals surface area (Å²) in [4.78, 5) is 17.5. The summed E-state index contributed by atoms with van der Waals surface area (Å²) in [5.41, 5.74) is 6.67. The average Bonchev–Trinajstić information content (AvgIpc) is 2.42. The molecule has 0 unspecified atom stereocenters. The molecule has 1 aromatic rings. The monoisotopic (exact) mass is 252 g/mol. The third-order valence-corrected chi connectivity index (χ3v) is 2.48. The Bertz CT molecular complexity index is 384. The van der Waals surface area contributed by atoms with Crippen LogP contribution in [0.4, 0.5) is 5.69 Å². The predicted octanol–water partition coefficient (Wildman–Crippen LogP) is -0.147. The molecule has 1 heterocycles. The van der Waals surface area contributed by atoms with Gasteiger partial charge in [0.25, 0.3) is 5.91 Å². The molecular weight excluding hydrogens is 232 g/mol. The number of ether oxygens (including phenoxy) is 1. The maximum atomic E-state index is 11.5. The number of anilines is 1. The fourth-order valence-corrected chi connectivity index (χ4v) is 1.43. The molecule has 0 aromatic carbocycles. The van der Waals surface area contributed by atoms with Crippen molar-refractivity contribution in [1.29, 1.82) is 0 Å². The number of carbonyl (C=O) groups is 1. The zero-order valence-corrected chi connectivity index (χ0v) is 10.8. The molecule has 0 aliphatic heterocycles. The molecule has 0 aliphatic rings. The zero-order chi connectivity index (χ0) is 13.4. The van der Waals surface area contributed by atoms with E-state index in [0.717, 1.165) is 12.2 Å². The lowest BCUT2D eigenvalue weighted by molar-refractivity contribution is 0.0958. The summed E-state index contributed by atoms with van der Waals surface area (Å²) in [6.45, 7) is 2.43. The van der Waals surface area contributed by atoms with E-state index in [9.17, 15) is 4.79 Å². The SMILES string of the molecule is CNC(=O)c1cc(N(C)CCOCCN)ccn1. The molecule has 6 heteroatoms. The number of rotatable bonds is 7. The van der Waals surface area contributed by atoms with E-state index in [4.69, 9.17) is 10.5 Å².